The van der Waals surface area contributed by atoms with E-state index in [1.165, 1.54) is 11.3 Å². The van der Waals surface area contributed by atoms with Crippen LogP contribution in [0.5, 0.6) is 0 Å². The highest BCUT2D eigenvalue weighted by Crippen LogP contribution is 2.17. The summed E-state index contributed by atoms with van der Waals surface area (Å²) in [5, 5.41) is 15.0. The number of aromatic carboxylic acids is 1. The van der Waals surface area contributed by atoms with Gasteiger partial charge in [0.15, 0.2) is 0 Å². The lowest BCUT2D eigenvalue weighted by atomic mass is 10.3. The molecule has 2 rings (SSSR count). The van der Waals surface area contributed by atoms with Crippen LogP contribution in [0.25, 0.3) is 0 Å². The van der Waals surface area contributed by atoms with Gasteiger partial charge >= 0.3 is 5.97 Å². The predicted octanol–water partition coefficient (Wildman–Crippen LogP) is 1.77. The lowest BCUT2D eigenvalue weighted by molar-refractivity contribution is -0.120. The first kappa shape index (κ1) is 14.6. The van der Waals surface area contributed by atoms with Crippen LogP contribution in [0.3, 0.4) is 0 Å². The van der Waals surface area contributed by atoms with Gasteiger partial charge in [-0.05, 0) is 13.8 Å². The van der Waals surface area contributed by atoms with Crippen molar-refractivity contribution >= 4 is 34.6 Å². The Labute approximate surface area is 123 Å². The molecule has 6 nitrogen and oxygen atoms in total. The van der Waals surface area contributed by atoms with Crippen molar-refractivity contribution in [2.75, 3.05) is 0 Å². The Morgan fingerprint density at radius 1 is 1.35 bits per heavy atom. The minimum Gasteiger partial charge on any atom is -0.477 e. The third kappa shape index (κ3) is 3.61. The number of carboxylic acids is 1. The van der Waals surface area contributed by atoms with Gasteiger partial charge in [-0.15, -0.1) is 22.7 Å². The van der Waals surface area contributed by atoms with E-state index in [4.69, 9.17) is 5.11 Å². The number of amides is 1. The average molecular weight is 311 g/mol. The molecular formula is C12H13N3O3S2. The number of hydrogen-bond donors (Lipinski definition) is 2. The topological polar surface area (TPSA) is 92.2 Å². The van der Waals surface area contributed by atoms with Crippen LogP contribution in [-0.4, -0.2) is 27.0 Å². The molecule has 0 unspecified atom stereocenters. The van der Waals surface area contributed by atoms with Gasteiger partial charge in [-0.25, -0.2) is 14.8 Å². The fourth-order valence-electron chi connectivity index (χ4n) is 1.62. The molecule has 0 bridgehead atoms. The van der Waals surface area contributed by atoms with Crippen LogP contribution in [-0.2, 0) is 17.8 Å². The summed E-state index contributed by atoms with van der Waals surface area (Å²) in [6, 6.07) is 0. The maximum Gasteiger partial charge on any atom is 0.347 e. The fourth-order valence-corrected chi connectivity index (χ4v) is 3.07. The number of carbonyl (C=O) groups is 2. The number of nitrogens with zero attached hydrogens (tertiary/aromatic N) is 2. The number of thiazole rings is 2. The lowest BCUT2D eigenvalue weighted by Gasteiger charge is -2.00. The second-order valence-corrected chi connectivity index (χ2v) is 6.28. The molecular weight excluding hydrogens is 298 g/mol. The SMILES string of the molecule is Cc1nc(CC(=O)NCc2nc(C)c(C(=O)O)s2)cs1. The summed E-state index contributed by atoms with van der Waals surface area (Å²) in [4.78, 5) is 31.2. The number of rotatable bonds is 5. The summed E-state index contributed by atoms with van der Waals surface area (Å²) < 4.78 is 0. The number of hydrogen-bond acceptors (Lipinski definition) is 6. The molecule has 2 aromatic heterocycles. The summed E-state index contributed by atoms with van der Waals surface area (Å²) in [6.45, 7) is 3.77. The van der Waals surface area contributed by atoms with Crippen molar-refractivity contribution in [3.8, 4) is 0 Å². The number of aryl methyl sites for hydroxylation is 2. The third-order valence-corrected chi connectivity index (χ3v) is 4.45. The van der Waals surface area contributed by atoms with Gasteiger partial charge in [-0.1, -0.05) is 0 Å². The molecule has 0 aliphatic rings. The summed E-state index contributed by atoms with van der Waals surface area (Å²) in [5.74, 6) is -1.14. The first-order chi connectivity index (χ1) is 9.45. The summed E-state index contributed by atoms with van der Waals surface area (Å²) in [5.41, 5.74) is 1.22. The van der Waals surface area contributed by atoms with Crippen molar-refractivity contribution in [3.63, 3.8) is 0 Å². The van der Waals surface area contributed by atoms with E-state index in [1.807, 2.05) is 12.3 Å². The number of nitrogens with one attached hydrogen (secondary N) is 1. The summed E-state index contributed by atoms with van der Waals surface area (Å²) in [6.07, 6.45) is 0.223. The molecule has 1 amide bonds. The average Bonchev–Trinajstić information content (AvgIpc) is 2.93. The van der Waals surface area contributed by atoms with Gasteiger partial charge < -0.3 is 10.4 Å². The standard InChI is InChI=1S/C12H13N3O3S2/c1-6-11(12(17)18)20-10(14-6)4-13-9(16)3-8-5-19-7(2)15-8/h5H,3-4H2,1-2H3,(H,13,16)(H,17,18). The van der Waals surface area contributed by atoms with Crippen molar-refractivity contribution in [2.24, 2.45) is 0 Å². The molecule has 0 radical (unpaired) electrons. The Bertz CT molecular complexity index is 648. The minimum absolute atomic E-state index is 0.153. The zero-order chi connectivity index (χ0) is 14.7. The largest absolute Gasteiger partial charge is 0.477 e. The normalized spacial score (nSPS) is 10.5. The zero-order valence-corrected chi connectivity index (χ0v) is 12.6. The summed E-state index contributed by atoms with van der Waals surface area (Å²) in [7, 11) is 0. The molecule has 0 aliphatic heterocycles. The molecule has 0 aromatic carbocycles. The molecule has 20 heavy (non-hydrogen) atoms. The van der Waals surface area contributed by atoms with Crippen LogP contribution in [0.1, 0.15) is 31.1 Å². The highest BCUT2D eigenvalue weighted by Gasteiger charge is 2.14. The van der Waals surface area contributed by atoms with E-state index >= 15 is 0 Å². The molecule has 0 spiro atoms. The highest BCUT2D eigenvalue weighted by atomic mass is 32.1. The minimum atomic E-state index is -0.990. The predicted molar refractivity (Wildman–Crippen MR) is 76.2 cm³/mol. The zero-order valence-electron chi connectivity index (χ0n) is 11.0. The van der Waals surface area contributed by atoms with Gasteiger partial charge in [0.2, 0.25) is 5.91 Å². The smallest absolute Gasteiger partial charge is 0.347 e. The summed E-state index contributed by atoms with van der Waals surface area (Å²) >= 11 is 2.58. The van der Waals surface area contributed by atoms with Crippen LogP contribution >= 0.6 is 22.7 Å². The second kappa shape index (κ2) is 6.10. The molecule has 0 atom stereocenters. The second-order valence-electron chi connectivity index (χ2n) is 4.14. The Morgan fingerprint density at radius 3 is 2.65 bits per heavy atom. The van der Waals surface area contributed by atoms with Gasteiger partial charge in [0.1, 0.15) is 9.88 Å². The van der Waals surface area contributed by atoms with Crippen molar-refractivity contribution in [2.45, 2.75) is 26.8 Å². The molecule has 2 N–H and O–H groups in total. The quantitative estimate of drug-likeness (QED) is 0.878. The Morgan fingerprint density at radius 2 is 2.10 bits per heavy atom. The Kier molecular flexibility index (Phi) is 4.46. The van der Waals surface area contributed by atoms with E-state index in [-0.39, 0.29) is 23.7 Å². The van der Waals surface area contributed by atoms with Gasteiger partial charge in [-0.3, -0.25) is 4.79 Å². The van der Waals surface area contributed by atoms with Gasteiger partial charge in [0.25, 0.3) is 0 Å². The van der Waals surface area contributed by atoms with Crippen LogP contribution in [0.2, 0.25) is 0 Å². The van der Waals surface area contributed by atoms with E-state index in [1.54, 1.807) is 6.92 Å². The van der Waals surface area contributed by atoms with Crippen molar-refractivity contribution in [1.82, 2.24) is 15.3 Å². The van der Waals surface area contributed by atoms with Crippen LogP contribution in [0.15, 0.2) is 5.38 Å². The van der Waals surface area contributed by atoms with E-state index in [0.717, 1.165) is 22.0 Å². The first-order valence-electron chi connectivity index (χ1n) is 5.83. The van der Waals surface area contributed by atoms with E-state index < -0.39 is 5.97 Å². The number of carbonyl (C=O) groups excluding carboxylic acids is 1. The van der Waals surface area contributed by atoms with E-state index in [9.17, 15) is 9.59 Å². The monoisotopic (exact) mass is 311 g/mol. The molecule has 0 aliphatic carbocycles. The van der Waals surface area contributed by atoms with Crippen LogP contribution < -0.4 is 5.32 Å². The van der Waals surface area contributed by atoms with E-state index in [0.29, 0.717) is 10.7 Å². The first-order valence-corrected chi connectivity index (χ1v) is 7.52. The molecule has 0 fully saturated rings. The van der Waals surface area contributed by atoms with Crippen molar-refractivity contribution in [1.29, 1.82) is 0 Å². The lowest BCUT2D eigenvalue weighted by Crippen LogP contribution is -2.24. The number of carboxylic acid groups (broad SMARTS) is 1. The van der Waals surface area contributed by atoms with Crippen molar-refractivity contribution in [3.05, 3.63) is 31.7 Å². The van der Waals surface area contributed by atoms with Gasteiger partial charge in [0.05, 0.1) is 29.4 Å². The highest BCUT2D eigenvalue weighted by molar-refractivity contribution is 7.13. The van der Waals surface area contributed by atoms with Crippen molar-refractivity contribution < 1.29 is 14.7 Å². The molecule has 2 heterocycles. The van der Waals surface area contributed by atoms with E-state index in [2.05, 4.69) is 15.3 Å². The number of aromatic nitrogens is 2. The molecule has 106 valence electrons. The van der Waals surface area contributed by atoms with Crippen LogP contribution in [0, 0.1) is 13.8 Å². The molecule has 2 aromatic rings. The van der Waals surface area contributed by atoms with Gasteiger partial charge in [0, 0.05) is 5.38 Å². The molecule has 8 heteroatoms. The molecule has 0 saturated carbocycles. The van der Waals surface area contributed by atoms with Gasteiger partial charge in [-0.2, -0.15) is 0 Å². The van der Waals surface area contributed by atoms with Crippen LogP contribution in [0.4, 0.5) is 0 Å². The Balaban J connectivity index is 1.90. The molecule has 0 saturated heterocycles. The fraction of sp³-hybridized carbons (Fsp3) is 0.333. The Hall–Kier alpha value is -1.80. The maximum atomic E-state index is 11.7. The third-order valence-electron chi connectivity index (χ3n) is 2.48. The maximum absolute atomic E-state index is 11.7.